The van der Waals surface area contributed by atoms with Gasteiger partial charge in [-0.1, -0.05) is 12.1 Å². The number of esters is 1. The molecule has 1 aromatic carbocycles. The predicted molar refractivity (Wildman–Crippen MR) is 88.1 cm³/mol. The zero-order valence-electron chi connectivity index (χ0n) is 13.9. The lowest BCUT2D eigenvalue weighted by Gasteiger charge is -2.35. The first kappa shape index (κ1) is 17.8. The maximum atomic E-state index is 12.2. The van der Waals surface area contributed by atoms with Gasteiger partial charge in [-0.25, -0.2) is 4.79 Å². The van der Waals surface area contributed by atoms with E-state index in [-0.39, 0.29) is 30.9 Å². The zero-order chi connectivity index (χ0) is 17.9. The Morgan fingerprint density at radius 2 is 2.00 bits per heavy atom. The van der Waals surface area contributed by atoms with E-state index in [9.17, 15) is 19.7 Å². The van der Waals surface area contributed by atoms with Crippen LogP contribution in [-0.4, -0.2) is 35.0 Å². The molecule has 0 spiro atoms. The molecule has 1 aliphatic rings. The van der Waals surface area contributed by atoms with Crippen molar-refractivity contribution in [1.29, 1.82) is 0 Å². The van der Waals surface area contributed by atoms with Gasteiger partial charge in [-0.05, 0) is 26.3 Å². The van der Waals surface area contributed by atoms with Crippen LogP contribution in [0.25, 0.3) is 0 Å². The van der Waals surface area contributed by atoms with Crippen LogP contribution >= 0.6 is 0 Å². The molecule has 0 radical (unpaired) electrons. The molecule has 1 saturated carbocycles. The highest BCUT2D eigenvalue weighted by atomic mass is 16.6. The molecule has 0 saturated heterocycles. The van der Waals surface area contributed by atoms with Crippen LogP contribution in [0.1, 0.15) is 32.8 Å². The van der Waals surface area contributed by atoms with Crippen molar-refractivity contribution in [2.45, 2.75) is 39.7 Å². The van der Waals surface area contributed by atoms with Crippen molar-refractivity contribution in [1.82, 2.24) is 0 Å². The summed E-state index contributed by atoms with van der Waals surface area (Å²) < 4.78 is 5.06. The lowest BCUT2D eigenvalue weighted by molar-refractivity contribution is -0.384. The number of ketones is 1. The summed E-state index contributed by atoms with van der Waals surface area (Å²) in [5, 5.41) is 10.7. The van der Waals surface area contributed by atoms with Gasteiger partial charge in [-0.15, -0.1) is 0 Å². The largest absolute Gasteiger partial charge is 0.464 e. The monoisotopic (exact) mass is 332 g/mol. The van der Waals surface area contributed by atoms with Crippen LogP contribution in [0.5, 0.6) is 0 Å². The molecule has 0 bridgehead atoms. The van der Waals surface area contributed by atoms with Crippen molar-refractivity contribution in [2.24, 2.45) is 10.4 Å². The molecule has 0 N–H and O–H groups in total. The molecule has 7 heteroatoms. The highest BCUT2D eigenvalue weighted by Gasteiger charge is 2.44. The van der Waals surface area contributed by atoms with Gasteiger partial charge in [-0.3, -0.25) is 19.9 Å². The average molecular weight is 332 g/mol. The SMILES string of the molecule is CCOC(=O)[C@H](Cc1ccc([N+](=O)[O-])cc1)N=C1CC(=O)C1(C)C. The summed E-state index contributed by atoms with van der Waals surface area (Å²) in [4.78, 5) is 38.5. The molecule has 0 amide bonds. The smallest absolute Gasteiger partial charge is 0.331 e. The maximum Gasteiger partial charge on any atom is 0.331 e. The van der Waals surface area contributed by atoms with Crippen LogP contribution in [0.2, 0.25) is 0 Å². The predicted octanol–water partition coefficient (Wildman–Crippen LogP) is 2.51. The molecule has 1 fully saturated rings. The molecular weight excluding hydrogens is 312 g/mol. The first-order valence-corrected chi connectivity index (χ1v) is 7.76. The van der Waals surface area contributed by atoms with Gasteiger partial charge in [0.15, 0.2) is 6.04 Å². The van der Waals surface area contributed by atoms with Gasteiger partial charge in [0.1, 0.15) is 5.78 Å². The van der Waals surface area contributed by atoms with E-state index in [4.69, 9.17) is 4.74 Å². The van der Waals surface area contributed by atoms with E-state index in [0.29, 0.717) is 5.71 Å². The number of nitro benzene ring substituents is 1. The fraction of sp³-hybridized carbons (Fsp3) is 0.471. The standard InChI is InChI=1S/C17H20N2O5/c1-4-24-16(21)13(18-14-10-15(20)17(14,2)3)9-11-5-7-12(8-6-11)19(22)23/h5-8,13H,4,9-10H2,1-3H3/t13-/m0/s1. The summed E-state index contributed by atoms with van der Waals surface area (Å²) in [6, 6.07) is 5.22. The Hall–Kier alpha value is -2.57. The summed E-state index contributed by atoms with van der Waals surface area (Å²) in [7, 11) is 0. The van der Waals surface area contributed by atoms with Gasteiger partial charge in [0.25, 0.3) is 5.69 Å². The fourth-order valence-electron chi connectivity index (χ4n) is 2.44. The van der Waals surface area contributed by atoms with Crippen LogP contribution in [-0.2, 0) is 20.7 Å². The number of carbonyl (C=O) groups is 2. The zero-order valence-corrected chi connectivity index (χ0v) is 13.9. The van der Waals surface area contributed by atoms with Crippen LogP contribution in [0.3, 0.4) is 0 Å². The number of Topliss-reactive ketones (excluding diaryl/α,β-unsaturated/α-hetero) is 1. The molecule has 2 rings (SSSR count). The van der Waals surface area contributed by atoms with Gasteiger partial charge >= 0.3 is 5.97 Å². The molecule has 24 heavy (non-hydrogen) atoms. The van der Waals surface area contributed by atoms with E-state index in [1.807, 2.05) is 0 Å². The molecule has 1 aliphatic carbocycles. The minimum absolute atomic E-state index is 0.0107. The molecule has 0 unspecified atom stereocenters. The van der Waals surface area contributed by atoms with Gasteiger partial charge < -0.3 is 4.74 Å². The molecule has 0 aliphatic heterocycles. The third kappa shape index (κ3) is 3.67. The number of ether oxygens (including phenoxy) is 1. The number of non-ortho nitro benzene ring substituents is 1. The summed E-state index contributed by atoms with van der Waals surface area (Å²) in [6.07, 6.45) is 0.522. The second-order valence-electron chi connectivity index (χ2n) is 6.20. The maximum absolute atomic E-state index is 12.2. The number of benzene rings is 1. The molecule has 0 heterocycles. The van der Waals surface area contributed by atoms with Gasteiger partial charge in [0.05, 0.1) is 16.9 Å². The lowest BCUT2D eigenvalue weighted by Crippen LogP contribution is -2.47. The van der Waals surface area contributed by atoms with Crippen LogP contribution in [0, 0.1) is 15.5 Å². The fourth-order valence-corrected chi connectivity index (χ4v) is 2.44. The Kier molecular flexibility index (Phi) is 5.11. The van der Waals surface area contributed by atoms with Crippen molar-refractivity contribution in [3.63, 3.8) is 0 Å². The van der Waals surface area contributed by atoms with Crippen molar-refractivity contribution in [3.8, 4) is 0 Å². The van der Waals surface area contributed by atoms with Crippen LogP contribution in [0.4, 0.5) is 5.69 Å². The van der Waals surface area contributed by atoms with E-state index >= 15 is 0 Å². The quantitative estimate of drug-likeness (QED) is 0.453. The van der Waals surface area contributed by atoms with Gasteiger partial charge in [0, 0.05) is 30.7 Å². The van der Waals surface area contributed by atoms with Gasteiger partial charge in [-0.2, -0.15) is 0 Å². The van der Waals surface area contributed by atoms with Crippen molar-refractivity contribution in [3.05, 3.63) is 39.9 Å². The second kappa shape index (κ2) is 6.90. The molecule has 7 nitrogen and oxygen atoms in total. The summed E-state index contributed by atoms with van der Waals surface area (Å²) in [5.41, 5.74) is 0.780. The van der Waals surface area contributed by atoms with E-state index in [1.54, 1.807) is 32.9 Å². The van der Waals surface area contributed by atoms with Crippen LogP contribution in [0.15, 0.2) is 29.3 Å². The number of hydrogen-bond acceptors (Lipinski definition) is 6. The van der Waals surface area contributed by atoms with E-state index in [1.165, 1.54) is 12.1 Å². The number of hydrogen-bond donors (Lipinski definition) is 0. The molecule has 1 aromatic rings. The van der Waals surface area contributed by atoms with E-state index in [0.717, 1.165) is 5.56 Å². The van der Waals surface area contributed by atoms with Crippen molar-refractivity contribution >= 4 is 23.2 Å². The summed E-state index contributed by atoms with van der Waals surface area (Å²) in [6.45, 7) is 5.52. The van der Waals surface area contributed by atoms with Crippen LogP contribution < -0.4 is 0 Å². The minimum atomic E-state index is -0.756. The van der Waals surface area contributed by atoms with Crippen molar-refractivity contribution in [2.75, 3.05) is 6.61 Å². The Labute approximate surface area is 139 Å². The highest BCUT2D eigenvalue weighted by Crippen LogP contribution is 2.34. The molecule has 1 atom stereocenters. The molecule has 128 valence electrons. The summed E-state index contributed by atoms with van der Waals surface area (Å²) >= 11 is 0. The third-order valence-corrected chi connectivity index (χ3v) is 4.19. The first-order valence-electron chi connectivity index (χ1n) is 7.76. The number of nitro groups is 1. The molecule has 0 aromatic heterocycles. The first-order chi connectivity index (χ1) is 11.3. The van der Waals surface area contributed by atoms with Gasteiger partial charge in [0.2, 0.25) is 0 Å². The third-order valence-electron chi connectivity index (χ3n) is 4.19. The topological polar surface area (TPSA) is 98.9 Å². The Morgan fingerprint density at radius 1 is 1.38 bits per heavy atom. The summed E-state index contributed by atoms with van der Waals surface area (Å²) in [5.74, 6) is -0.363. The number of aliphatic imine (C=N–C) groups is 1. The van der Waals surface area contributed by atoms with Crippen molar-refractivity contribution < 1.29 is 19.2 Å². The Morgan fingerprint density at radius 3 is 2.46 bits per heavy atom. The van der Waals surface area contributed by atoms with E-state index < -0.39 is 22.3 Å². The number of carbonyl (C=O) groups excluding carboxylic acids is 2. The number of rotatable bonds is 6. The average Bonchev–Trinajstić information content (AvgIpc) is 2.54. The molecular formula is C17H20N2O5. The Bertz CT molecular complexity index is 691. The van der Waals surface area contributed by atoms with E-state index in [2.05, 4.69) is 4.99 Å². The minimum Gasteiger partial charge on any atom is -0.464 e. The number of nitrogens with zero attached hydrogens (tertiary/aromatic N) is 2. The highest BCUT2D eigenvalue weighted by molar-refractivity contribution is 6.26. The normalized spacial score (nSPS) is 18.8. The lowest BCUT2D eigenvalue weighted by atomic mass is 9.68. The Balaban J connectivity index is 2.21. The second-order valence-corrected chi connectivity index (χ2v) is 6.20.